The maximum absolute atomic E-state index is 13.3. The van der Waals surface area contributed by atoms with Gasteiger partial charge >= 0.3 is 0 Å². The van der Waals surface area contributed by atoms with Gasteiger partial charge in [-0.1, -0.05) is 17.3 Å². The van der Waals surface area contributed by atoms with Gasteiger partial charge in [0.25, 0.3) is 5.91 Å². The summed E-state index contributed by atoms with van der Waals surface area (Å²) in [6, 6.07) is 14.4. The van der Waals surface area contributed by atoms with Crippen molar-refractivity contribution in [2.45, 2.75) is 39.5 Å². The number of rotatable bonds is 4. The third-order valence-corrected chi connectivity index (χ3v) is 7.69. The van der Waals surface area contributed by atoms with Gasteiger partial charge in [-0.3, -0.25) is 4.79 Å². The van der Waals surface area contributed by atoms with Crippen LogP contribution in [0.4, 0.5) is 5.69 Å². The minimum absolute atomic E-state index is 0.0697. The SMILES string of the molecule is Cc1ccc(-c2noc3cc(NC(=O)c4cc(I)cc(I)c4C4CC4)c(C)cc23)cc1C. The van der Waals surface area contributed by atoms with Crippen LogP contribution in [0.5, 0.6) is 0 Å². The molecule has 1 fully saturated rings. The predicted molar refractivity (Wildman–Crippen MR) is 145 cm³/mol. The van der Waals surface area contributed by atoms with Gasteiger partial charge in [0.15, 0.2) is 5.58 Å². The van der Waals surface area contributed by atoms with E-state index in [1.54, 1.807) is 0 Å². The summed E-state index contributed by atoms with van der Waals surface area (Å²) in [7, 11) is 0. The summed E-state index contributed by atoms with van der Waals surface area (Å²) in [5.74, 6) is 0.428. The second-order valence-electron chi connectivity index (χ2n) is 8.57. The molecule has 1 saturated carbocycles. The first-order valence-electron chi connectivity index (χ1n) is 10.6. The molecule has 0 atom stereocenters. The molecule has 162 valence electrons. The number of hydrogen-bond acceptors (Lipinski definition) is 3. The van der Waals surface area contributed by atoms with E-state index in [4.69, 9.17) is 4.52 Å². The number of carbonyl (C=O) groups is 1. The average molecular weight is 648 g/mol. The Morgan fingerprint density at radius 3 is 2.50 bits per heavy atom. The molecule has 1 aliphatic rings. The fourth-order valence-electron chi connectivity index (χ4n) is 4.07. The Morgan fingerprint density at radius 2 is 1.78 bits per heavy atom. The minimum Gasteiger partial charge on any atom is -0.356 e. The number of fused-ring (bicyclic) bond motifs is 1. The predicted octanol–water partition coefficient (Wildman–Crippen LogP) is 7.76. The van der Waals surface area contributed by atoms with E-state index < -0.39 is 0 Å². The zero-order valence-corrected chi connectivity index (χ0v) is 22.4. The molecular formula is C26H22I2N2O2. The first kappa shape index (κ1) is 21.9. The standard InChI is InChI=1S/C26H22I2N2O2/c1-13-4-5-17(8-14(13)2)25-19-9-15(3)22(12-23(19)32-30-25)29-26(31)20-10-18(27)11-21(28)24(20)16-6-7-16/h4-5,8-12,16H,6-7H2,1-3H3,(H,29,31). The van der Waals surface area contributed by atoms with Crippen LogP contribution in [0.3, 0.4) is 0 Å². The Hall–Kier alpha value is -1.94. The molecule has 3 aromatic carbocycles. The molecule has 0 aliphatic heterocycles. The topological polar surface area (TPSA) is 55.1 Å². The average Bonchev–Trinajstić information content (AvgIpc) is 3.50. The van der Waals surface area contributed by atoms with Gasteiger partial charge < -0.3 is 9.84 Å². The molecule has 6 heteroatoms. The van der Waals surface area contributed by atoms with Gasteiger partial charge in [-0.15, -0.1) is 0 Å². The maximum Gasteiger partial charge on any atom is 0.256 e. The second kappa shape index (κ2) is 8.44. The van der Waals surface area contributed by atoms with Gasteiger partial charge in [-0.2, -0.15) is 0 Å². The van der Waals surface area contributed by atoms with Gasteiger partial charge in [0, 0.05) is 30.0 Å². The van der Waals surface area contributed by atoms with Crippen LogP contribution in [-0.2, 0) is 0 Å². The lowest BCUT2D eigenvalue weighted by Crippen LogP contribution is -2.16. The summed E-state index contributed by atoms with van der Waals surface area (Å²) >= 11 is 4.63. The number of carbonyl (C=O) groups excluding carboxylic acids is 1. The summed E-state index contributed by atoms with van der Waals surface area (Å²) in [5, 5.41) is 8.41. The van der Waals surface area contributed by atoms with Crippen LogP contribution in [0.1, 0.15) is 51.4 Å². The number of nitrogens with zero attached hydrogens (tertiary/aromatic N) is 1. The lowest BCUT2D eigenvalue weighted by Gasteiger charge is -2.14. The zero-order valence-electron chi connectivity index (χ0n) is 18.1. The lowest BCUT2D eigenvalue weighted by atomic mass is 10.0. The molecule has 1 heterocycles. The molecule has 0 spiro atoms. The fourth-order valence-corrected chi connectivity index (χ4v) is 6.36. The molecule has 0 unspecified atom stereocenters. The fraction of sp³-hybridized carbons (Fsp3) is 0.231. The van der Waals surface area contributed by atoms with Crippen molar-refractivity contribution in [3.05, 3.63) is 77.4 Å². The van der Waals surface area contributed by atoms with E-state index in [0.717, 1.165) is 49.9 Å². The van der Waals surface area contributed by atoms with Crippen molar-refractivity contribution in [2.24, 2.45) is 0 Å². The van der Waals surface area contributed by atoms with E-state index in [1.807, 2.05) is 25.1 Å². The largest absolute Gasteiger partial charge is 0.356 e. The number of halogens is 2. The molecule has 0 bridgehead atoms. The van der Waals surface area contributed by atoms with Crippen molar-refractivity contribution in [2.75, 3.05) is 5.32 Å². The molecule has 5 rings (SSSR count). The first-order valence-corrected chi connectivity index (χ1v) is 12.8. The Kier molecular flexibility index (Phi) is 5.77. The molecule has 1 aliphatic carbocycles. The van der Waals surface area contributed by atoms with Gasteiger partial charge in [0.1, 0.15) is 5.69 Å². The normalized spacial score (nSPS) is 13.5. The van der Waals surface area contributed by atoms with Crippen molar-refractivity contribution in [1.29, 1.82) is 0 Å². The smallest absolute Gasteiger partial charge is 0.256 e. The van der Waals surface area contributed by atoms with E-state index in [1.165, 1.54) is 20.3 Å². The minimum atomic E-state index is -0.0697. The molecule has 0 saturated heterocycles. The molecule has 32 heavy (non-hydrogen) atoms. The third kappa shape index (κ3) is 4.07. The highest BCUT2D eigenvalue weighted by Gasteiger charge is 2.30. The third-order valence-electron chi connectivity index (χ3n) is 6.17. The summed E-state index contributed by atoms with van der Waals surface area (Å²) < 4.78 is 7.90. The van der Waals surface area contributed by atoms with Crippen LogP contribution >= 0.6 is 45.2 Å². The van der Waals surface area contributed by atoms with Crippen LogP contribution < -0.4 is 5.32 Å². The summed E-state index contributed by atoms with van der Waals surface area (Å²) in [4.78, 5) is 13.3. The molecule has 4 nitrogen and oxygen atoms in total. The van der Waals surface area contributed by atoms with Crippen LogP contribution in [0.25, 0.3) is 22.2 Å². The zero-order chi connectivity index (χ0) is 22.6. The van der Waals surface area contributed by atoms with Crippen molar-refractivity contribution >= 4 is 67.7 Å². The van der Waals surface area contributed by atoms with E-state index in [2.05, 4.69) is 93.8 Å². The Balaban J connectivity index is 1.50. The maximum atomic E-state index is 13.3. The molecule has 4 aromatic rings. The Bertz CT molecular complexity index is 1390. The number of amides is 1. The quantitative estimate of drug-likeness (QED) is 0.230. The van der Waals surface area contributed by atoms with Gasteiger partial charge in [0.05, 0.1) is 5.39 Å². The number of benzene rings is 3. The number of hydrogen-bond donors (Lipinski definition) is 1. The Labute approximate surface area is 214 Å². The highest BCUT2D eigenvalue weighted by atomic mass is 127. The van der Waals surface area contributed by atoms with Crippen LogP contribution in [0.2, 0.25) is 0 Å². The summed E-state index contributed by atoms with van der Waals surface area (Å²) in [6.45, 7) is 6.21. The number of aromatic nitrogens is 1. The van der Waals surface area contributed by atoms with Crippen molar-refractivity contribution in [1.82, 2.24) is 5.16 Å². The summed E-state index contributed by atoms with van der Waals surface area (Å²) in [5.41, 5.74) is 8.68. The van der Waals surface area contributed by atoms with E-state index in [0.29, 0.717) is 11.5 Å². The van der Waals surface area contributed by atoms with Crippen molar-refractivity contribution in [3.63, 3.8) is 0 Å². The second-order valence-corrected chi connectivity index (χ2v) is 11.0. The van der Waals surface area contributed by atoms with E-state index in [-0.39, 0.29) is 5.91 Å². The van der Waals surface area contributed by atoms with Gasteiger partial charge in [0.2, 0.25) is 0 Å². The number of aryl methyl sites for hydroxylation is 3. The lowest BCUT2D eigenvalue weighted by molar-refractivity contribution is 0.102. The molecule has 1 amide bonds. The van der Waals surface area contributed by atoms with Gasteiger partial charge in [-0.05, 0) is 131 Å². The molecule has 1 aromatic heterocycles. The highest BCUT2D eigenvalue weighted by Crippen LogP contribution is 2.44. The van der Waals surface area contributed by atoms with Crippen LogP contribution in [0, 0.1) is 27.9 Å². The molecule has 0 radical (unpaired) electrons. The van der Waals surface area contributed by atoms with Crippen molar-refractivity contribution < 1.29 is 9.32 Å². The van der Waals surface area contributed by atoms with Gasteiger partial charge in [-0.25, -0.2) is 0 Å². The highest BCUT2D eigenvalue weighted by molar-refractivity contribution is 14.1. The summed E-state index contributed by atoms with van der Waals surface area (Å²) in [6.07, 6.45) is 2.31. The number of nitrogens with one attached hydrogen (secondary N) is 1. The molecule has 1 N–H and O–H groups in total. The van der Waals surface area contributed by atoms with E-state index >= 15 is 0 Å². The Morgan fingerprint density at radius 1 is 1.00 bits per heavy atom. The van der Waals surface area contributed by atoms with Crippen molar-refractivity contribution in [3.8, 4) is 11.3 Å². The first-order chi connectivity index (χ1) is 15.3. The number of anilines is 1. The molecular weight excluding hydrogens is 626 g/mol. The van der Waals surface area contributed by atoms with E-state index in [9.17, 15) is 4.79 Å². The van der Waals surface area contributed by atoms with Crippen LogP contribution in [-0.4, -0.2) is 11.1 Å². The van der Waals surface area contributed by atoms with Crippen LogP contribution in [0.15, 0.2) is 47.0 Å². The monoisotopic (exact) mass is 648 g/mol.